The van der Waals surface area contributed by atoms with Gasteiger partial charge in [-0.25, -0.2) is 0 Å². The van der Waals surface area contributed by atoms with Crippen LogP contribution < -0.4 is 0 Å². The van der Waals surface area contributed by atoms with Crippen LogP contribution in [0.5, 0.6) is 0 Å². The van der Waals surface area contributed by atoms with Crippen LogP contribution in [-0.4, -0.2) is 17.7 Å². The molecule has 0 aromatic rings. The Labute approximate surface area is 61.5 Å². The lowest BCUT2D eigenvalue weighted by atomic mass is 10.1. The molecule has 0 aromatic carbocycles. The fourth-order valence-electron chi connectivity index (χ4n) is 0.453. The zero-order valence-corrected chi connectivity index (χ0v) is 6.98. The van der Waals surface area contributed by atoms with Crippen LogP contribution in [-0.2, 0) is 10.1 Å². The predicted octanol–water partition coefficient (Wildman–Crippen LogP) is 1.23. The Bertz CT molecular complexity index is 213. The van der Waals surface area contributed by atoms with E-state index in [-0.39, 0.29) is 6.42 Å². The van der Waals surface area contributed by atoms with Gasteiger partial charge in [0.25, 0.3) is 10.1 Å². The summed E-state index contributed by atoms with van der Waals surface area (Å²) in [7, 11) is -3.94. The van der Waals surface area contributed by atoms with Crippen LogP contribution in [0.2, 0.25) is 0 Å². The van der Waals surface area contributed by atoms with E-state index in [4.69, 9.17) is 4.55 Å². The maximum absolute atomic E-state index is 10.6. The molecule has 0 aromatic heterocycles. The highest BCUT2D eigenvalue weighted by atomic mass is 32.2. The molecule has 0 bridgehead atoms. The highest BCUT2D eigenvalue weighted by molar-refractivity contribution is 7.87. The van der Waals surface area contributed by atoms with E-state index in [2.05, 4.69) is 6.58 Å². The maximum atomic E-state index is 10.6. The minimum absolute atomic E-state index is 0.256. The van der Waals surface area contributed by atoms with Gasteiger partial charge < -0.3 is 0 Å². The average Bonchev–Trinajstić information content (AvgIpc) is 1.61. The molecular weight excluding hydrogens is 152 g/mol. The number of rotatable bonds is 3. The molecule has 0 rings (SSSR count). The molecule has 0 unspecified atom stereocenters. The molecule has 1 N–H and O–H groups in total. The Morgan fingerprint density at radius 3 is 2.10 bits per heavy atom. The summed E-state index contributed by atoms with van der Waals surface area (Å²) in [6.45, 7) is 6.28. The first-order valence-electron chi connectivity index (χ1n) is 2.89. The Morgan fingerprint density at radius 1 is 1.60 bits per heavy atom. The number of hydrogen-bond acceptors (Lipinski definition) is 2. The molecule has 0 aliphatic carbocycles. The van der Waals surface area contributed by atoms with Crippen molar-refractivity contribution < 1.29 is 13.0 Å². The summed E-state index contributed by atoms with van der Waals surface area (Å²) in [5.74, 6) is 0. The van der Waals surface area contributed by atoms with Crippen molar-refractivity contribution in [1.82, 2.24) is 0 Å². The van der Waals surface area contributed by atoms with Crippen molar-refractivity contribution in [2.45, 2.75) is 25.0 Å². The lowest BCUT2D eigenvalue weighted by Crippen LogP contribution is -2.30. The smallest absolute Gasteiger partial charge is 0.270 e. The molecule has 0 aliphatic heterocycles. The molecule has 10 heavy (non-hydrogen) atoms. The van der Waals surface area contributed by atoms with Gasteiger partial charge in [-0.3, -0.25) is 4.55 Å². The first-order valence-corrected chi connectivity index (χ1v) is 4.33. The van der Waals surface area contributed by atoms with Gasteiger partial charge in [0.2, 0.25) is 0 Å². The highest BCUT2D eigenvalue weighted by Crippen LogP contribution is 2.18. The molecule has 0 saturated carbocycles. The van der Waals surface area contributed by atoms with E-state index < -0.39 is 14.9 Å². The normalized spacial score (nSPS) is 13.1. The van der Waals surface area contributed by atoms with E-state index in [1.165, 1.54) is 19.9 Å². The maximum Gasteiger partial charge on any atom is 0.270 e. The van der Waals surface area contributed by atoms with E-state index in [0.29, 0.717) is 0 Å². The van der Waals surface area contributed by atoms with Crippen molar-refractivity contribution in [3.8, 4) is 0 Å². The van der Waals surface area contributed by atoms with Gasteiger partial charge in [0.05, 0.1) is 4.75 Å². The fraction of sp³-hybridized carbons (Fsp3) is 0.667. The quantitative estimate of drug-likeness (QED) is 0.504. The third-order valence-electron chi connectivity index (χ3n) is 1.33. The predicted molar refractivity (Wildman–Crippen MR) is 40.4 cm³/mol. The van der Waals surface area contributed by atoms with Gasteiger partial charge in [0.1, 0.15) is 0 Å². The Hall–Kier alpha value is -0.350. The highest BCUT2D eigenvalue weighted by Gasteiger charge is 2.30. The molecule has 0 saturated heterocycles. The third-order valence-corrected chi connectivity index (χ3v) is 2.90. The van der Waals surface area contributed by atoms with Gasteiger partial charge in [0.15, 0.2) is 0 Å². The Balaban J connectivity index is 4.57. The molecule has 4 heteroatoms. The van der Waals surface area contributed by atoms with Gasteiger partial charge in [-0.05, 0) is 20.3 Å². The van der Waals surface area contributed by atoms with Gasteiger partial charge in [0, 0.05) is 0 Å². The van der Waals surface area contributed by atoms with Gasteiger partial charge >= 0.3 is 0 Å². The zero-order valence-electron chi connectivity index (χ0n) is 6.16. The van der Waals surface area contributed by atoms with Crippen molar-refractivity contribution in [1.29, 1.82) is 0 Å². The minimum Gasteiger partial charge on any atom is -0.285 e. The summed E-state index contributed by atoms with van der Waals surface area (Å²) in [5.41, 5.74) is 0. The molecule has 0 heterocycles. The Morgan fingerprint density at radius 2 is 2.00 bits per heavy atom. The largest absolute Gasteiger partial charge is 0.285 e. The second kappa shape index (κ2) is 2.72. The van der Waals surface area contributed by atoms with Crippen LogP contribution in [0, 0.1) is 0 Å². The third kappa shape index (κ3) is 2.11. The zero-order chi connectivity index (χ0) is 8.41. The van der Waals surface area contributed by atoms with Gasteiger partial charge in [-0.1, -0.05) is 6.08 Å². The molecule has 60 valence electrons. The fourth-order valence-corrected chi connectivity index (χ4v) is 0.781. The van der Waals surface area contributed by atoms with Crippen LogP contribution in [0.1, 0.15) is 20.3 Å². The van der Waals surface area contributed by atoms with Crippen molar-refractivity contribution in [3.05, 3.63) is 12.7 Å². The second-order valence-corrected chi connectivity index (χ2v) is 4.78. The van der Waals surface area contributed by atoms with Crippen LogP contribution >= 0.6 is 0 Å². The molecule has 0 atom stereocenters. The molecule has 0 spiro atoms. The van der Waals surface area contributed by atoms with Crippen LogP contribution in [0.3, 0.4) is 0 Å². The van der Waals surface area contributed by atoms with E-state index in [1.54, 1.807) is 0 Å². The molecule has 0 fully saturated rings. The van der Waals surface area contributed by atoms with Gasteiger partial charge in [-0.2, -0.15) is 8.42 Å². The van der Waals surface area contributed by atoms with Crippen LogP contribution in [0.4, 0.5) is 0 Å². The van der Waals surface area contributed by atoms with Crippen LogP contribution in [0.25, 0.3) is 0 Å². The summed E-state index contributed by atoms with van der Waals surface area (Å²) >= 11 is 0. The lowest BCUT2D eigenvalue weighted by Gasteiger charge is -2.17. The van der Waals surface area contributed by atoms with Crippen molar-refractivity contribution >= 4 is 10.1 Å². The SMILES string of the molecule is C=CCC(C)(C)S(=O)(=O)O. The van der Waals surface area contributed by atoms with E-state index in [1.807, 2.05) is 0 Å². The van der Waals surface area contributed by atoms with Crippen LogP contribution in [0.15, 0.2) is 12.7 Å². The summed E-state index contributed by atoms with van der Waals surface area (Å²) in [5, 5.41) is 0. The monoisotopic (exact) mass is 164 g/mol. The number of hydrogen-bond donors (Lipinski definition) is 1. The summed E-state index contributed by atoms with van der Waals surface area (Å²) in [6.07, 6.45) is 1.72. The van der Waals surface area contributed by atoms with E-state index >= 15 is 0 Å². The minimum atomic E-state index is -3.94. The van der Waals surface area contributed by atoms with Gasteiger partial charge in [-0.15, -0.1) is 6.58 Å². The Kier molecular flexibility index (Phi) is 2.62. The summed E-state index contributed by atoms with van der Waals surface area (Å²) in [4.78, 5) is 0. The summed E-state index contributed by atoms with van der Waals surface area (Å²) in [6, 6.07) is 0. The number of allylic oxidation sites excluding steroid dienone is 1. The van der Waals surface area contributed by atoms with Crippen molar-refractivity contribution in [2.75, 3.05) is 0 Å². The first-order chi connectivity index (χ1) is 4.31. The average molecular weight is 164 g/mol. The second-order valence-electron chi connectivity index (χ2n) is 2.73. The summed E-state index contributed by atoms with van der Waals surface area (Å²) < 4.78 is 28.6. The molecule has 0 amide bonds. The molecule has 0 radical (unpaired) electrons. The van der Waals surface area contributed by atoms with E-state index in [9.17, 15) is 8.42 Å². The standard InChI is InChI=1S/C6H12O3S/c1-4-5-6(2,3)10(7,8)9/h4H,1,5H2,2-3H3,(H,7,8,9). The topological polar surface area (TPSA) is 54.4 Å². The van der Waals surface area contributed by atoms with Crippen molar-refractivity contribution in [3.63, 3.8) is 0 Å². The first kappa shape index (κ1) is 9.65. The van der Waals surface area contributed by atoms with E-state index in [0.717, 1.165) is 0 Å². The molecule has 3 nitrogen and oxygen atoms in total. The molecule has 0 aliphatic rings. The van der Waals surface area contributed by atoms with Crippen molar-refractivity contribution in [2.24, 2.45) is 0 Å². The lowest BCUT2D eigenvalue weighted by molar-refractivity contribution is 0.442. The molecular formula is C6H12O3S.